The second-order valence-electron chi connectivity index (χ2n) is 4.29. The van der Waals surface area contributed by atoms with Crippen molar-refractivity contribution < 1.29 is 0 Å². The van der Waals surface area contributed by atoms with E-state index in [9.17, 15) is 0 Å². The van der Waals surface area contributed by atoms with Crippen molar-refractivity contribution >= 4 is 34.1 Å². The molecule has 3 aromatic rings. The largest absolute Gasteiger partial charge is 0.250 e. The van der Waals surface area contributed by atoms with Crippen molar-refractivity contribution in [3.8, 4) is 0 Å². The number of hydrogen-bond donors (Lipinski definition) is 0. The minimum absolute atomic E-state index is 0.816. The normalized spacial score (nSPS) is 11.1. The van der Waals surface area contributed by atoms with Crippen LogP contribution in [-0.2, 0) is 5.75 Å². The van der Waals surface area contributed by atoms with Crippen molar-refractivity contribution in [3.05, 3.63) is 46.7 Å². The lowest BCUT2D eigenvalue weighted by molar-refractivity contribution is 1.08. The second-order valence-corrected chi connectivity index (χ2v) is 6.37. The Labute approximate surface area is 120 Å². The summed E-state index contributed by atoms with van der Waals surface area (Å²) >= 11 is 3.40. The molecule has 0 aliphatic heterocycles. The minimum Gasteiger partial charge on any atom is -0.250 e. The summed E-state index contributed by atoms with van der Waals surface area (Å²) in [5.74, 6) is 0.816. The average molecular weight is 287 g/mol. The molecule has 0 fully saturated rings. The predicted octanol–water partition coefficient (Wildman–Crippen LogP) is 4.00. The van der Waals surface area contributed by atoms with Gasteiger partial charge in [0.15, 0.2) is 0 Å². The molecule has 0 saturated heterocycles. The minimum atomic E-state index is 0.816. The molecule has 0 unspecified atom stereocenters. The highest BCUT2D eigenvalue weighted by atomic mass is 32.2. The van der Waals surface area contributed by atoms with Crippen LogP contribution in [0.25, 0.3) is 11.0 Å². The topological polar surface area (TPSA) is 38.7 Å². The van der Waals surface area contributed by atoms with Crippen LogP contribution in [0.4, 0.5) is 0 Å². The van der Waals surface area contributed by atoms with Crippen molar-refractivity contribution in [2.24, 2.45) is 0 Å². The summed E-state index contributed by atoms with van der Waals surface area (Å²) in [6, 6.07) is 7.98. The maximum Gasteiger partial charge on any atom is 0.150 e. The summed E-state index contributed by atoms with van der Waals surface area (Å²) in [7, 11) is 0. The Hall–Kier alpha value is -1.46. The van der Waals surface area contributed by atoms with Crippen LogP contribution in [0, 0.1) is 13.8 Å². The number of rotatable bonds is 3. The first kappa shape index (κ1) is 12.6. The maximum absolute atomic E-state index is 4.69. The van der Waals surface area contributed by atoms with Crippen LogP contribution in [-0.4, -0.2) is 15.0 Å². The third kappa shape index (κ3) is 2.77. The van der Waals surface area contributed by atoms with E-state index >= 15 is 0 Å². The molecule has 0 amide bonds. The number of thiazole rings is 1. The first-order chi connectivity index (χ1) is 9.22. The number of fused-ring (bicyclic) bond motifs is 1. The van der Waals surface area contributed by atoms with Crippen LogP contribution in [0.3, 0.4) is 0 Å². The van der Waals surface area contributed by atoms with Crippen LogP contribution < -0.4 is 0 Å². The van der Waals surface area contributed by atoms with Crippen LogP contribution in [0.5, 0.6) is 0 Å². The molecule has 2 aromatic heterocycles. The van der Waals surface area contributed by atoms with E-state index in [1.165, 1.54) is 0 Å². The summed E-state index contributed by atoms with van der Waals surface area (Å²) in [5.41, 5.74) is 5.03. The molecular formula is C14H13N3S2. The summed E-state index contributed by atoms with van der Waals surface area (Å²) in [6.07, 6.45) is 0. The van der Waals surface area contributed by atoms with Crippen LogP contribution in [0.2, 0.25) is 0 Å². The fourth-order valence-electron chi connectivity index (χ4n) is 1.79. The van der Waals surface area contributed by atoms with E-state index in [0.717, 1.165) is 38.2 Å². The van der Waals surface area contributed by atoms with Crippen LogP contribution in [0.15, 0.2) is 34.0 Å². The molecule has 0 bridgehead atoms. The molecular weight excluding hydrogens is 274 g/mol. The molecule has 0 saturated carbocycles. The van der Waals surface area contributed by atoms with Gasteiger partial charge in [0, 0.05) is 16.8 Å². The number of aromatic nitrogens is 3. The third-order valence-corrected chi connectivity index (χ3v) is 4.92. The van der Waals surface area contributed by atoms with E-state index < -0.39 is 0 Å². The number of aryl methyl sites for hydroxylation is 2. The van der Waals surface area contributed by atoms with E-state index in [2.05, 4.69) is 15.3 Å². The Kier molecular flexibility index (Phi) is 3.48. The van der Waals surface area contributed by atoms with Crippen molar-refractivity contribution in [2.75, 3.05) is 0 Å². The third-order valence-electron chi connectivity index (χ3n) is 2.77. The molecule has 0 aliphatic carbocycles. The van der Waals surface area contributed by atoms with Gasteiger partial charge in [-0.2, -0.15) is 0 Å². The van der Waals surface area contributed by atoms with Gasteiger partial charge in [0.1, 0.15) is 4.34 Å². The van der Waals surface area contributed by atoms with Crippen molar-refractivity contribution in [1.82, 2.24) is 15.0 Å². The summed E-state index contributed by atoms with van der Waals surface area (Å²) < 4.78 is 1.09. The molecule has 3 nitrogen and oxygen atoms in total. The van der Waals surface area contributed by atoms with Gasteiger partial charge >= 0.3 is 0 Å². The Morgan fingerprint density at radius 3 is 2.47 bits per heavy atom. The number of hydrogen-bond acceptors (Lipinski definition) is 5. The number of para-hydroxylation sites is 2. The zero-order chi connectivity index (χ0) is 13.2. The average Bonchev–Trinajstić information content (AvgIpc) is 2.82. The Morgan fingerprint density at radius 1 is 1.05 bits per heavy atom. The first-order valence-corrected chi connectivity index (χ1v) is 7.86. The van der Waals surface area contributed by atoms with Gasteiger partial charge in [0.05, 0.1) is 22.4 Å². The summed E-state index contributed by atoms with van der Waals surface area (Å²) in [5, 5.41) is 2.07. The number of thioether (sulfide) groups is 1. The molecule has 5 heteroatoms. The molecule has 0 aliphatic rings. The molecule has 0 N–H and O–H groups in total. The van der Waals surface area contributed by atoms with E-state index in [-0.39, 0.29) is 0 Å². The number of nitrogens with zero attached hydrogens (tertiary/aromatic N) is 3. The first-order valence-electron chi connectivity index (χ1n) is 5.99. The SMILES string of the molecule is Cc1csc(SCc2nc3ccccc3nc2C)n1. The Bertz CT molecular complexity index is 722. The Morgan fingerprint density at radius 2 is 1.79 bits per heavy atom. The maximum atomic E-state index is 4.69. The molecule has 2 heterocycles. The summed E-state index contributed by atoms with van der Waals surface area (Å²) in [4.78, 5) is 13.7. The predicted molar refractivity (Wildman–Crippen MR) is 80.7 cm³/mol. The van der Waals surface area contributed by atoms with Crippen molar-refractivity contribution in [2.45, 2.75) is 23.9 Å². The van der Waals surface area contributed by atoms with Gasteiger partial charge < -0.3 is 0 Å². The molecule has 19 heavy (non-hydrogen) atoms. The fraction of sp³-hybridized carbons (Fsp3) is 0.214. The van der Waals surface area contributed by atoms with Gasteiger partial charge in [-0.05, 0) is 26.0 Å². The van der Waals surface area contributed by atoms with Crippen LogP contribution >= 0.6 is 23.1 Å². The van der Waals surface area contributed by atoms with Crippen molar-refractivity contribution in [1.29, 1.82) is 0 Å². The highest BCUT2D eigenvalue weighted by Crippen LogP contribution is 2.26. The summed E-state index contributed by atoms with van der Waals surface area (Å²) in [6.45, 7) is 4.03. The second kappa shape index (κ2) is 5.27. The fourth-order valence-corrected chi connectivity index (χ4v) is 3.65. The van der Waals surface area contributed by atoms with Crippen molar-refractivity contribution in [3.63, 3.8) is 0 Å². The zero-order valence-electron chi connectivity index (χ0n) is 10.8. The quantitative estimate of drug-likeness (QED) is 0.683. The zero-order valence-corrected chi connectivity index (χ0v) is 12.4. The van der Waals surface area contributed by atoms with Gasteiger partial charge in [0.2, 0.25) is 0 Å². The van der Waals surface area contributed by atoms with Gasteiger partial charge in [-0.15, -0.1) is 11.3 Å². The molecule has 96 valence electrons. The smallest absolute Gasteiger partial charge is 0.150 e. The van der Waals surface area contributed by atoms with Crippen LogP contribution in [0.1, 0.15) is 17.1 Å². The molecule has 0 spiro atoms. The van der Waals surface area contributed by atoms with Gasteiger partial charge in [-0.3, -0.25) is 0 Å². The van der Waals surface area contributed by atoms with E-state index in [0.29, 0.717) is 0 Å². The van der Waals surface area contributed by atoms with Gasteiger partial charge in [0.25, 0.3) is 0 Å². The molecule has 0 radical (unpaired) electrons. The molecule has 1 aromatic carbocycles. The van der Waals surface area contributed by atoms with E-state index in [1.807, 2.05) is 38.1 Å². The van der Waals surface area contributed by atoms with Gasteiger partial charge in [-0.1, -0.05) is 23.9 Å². The lowest BCUT2D eigenvalue weighted by Gasteiger charge is -2.05. The lowest BCUT2D eigenvalue weighted by Crippen LogP contribution is -1.96. The van der Waals surface area contributed by atoms with E-state index in [1.54, 1.807) is 23.1 Å². The molecule has 0 atom stereocenters. The highest BCUT2D eigenvalue weighted by molar-refractivity contribution is 8.00. The molecule has 3 rings (SSSR count). The monoisotopic (exact) mass is 287 g/mol. The highest BCUT2D eigenvalue weighted by Gasteiger charge is 2.07. The number of benzene rings is 1. The standard InChI is InChI=1S/C14H13N3S2/c1-9-7-18-14(15-9)19-8-13-10(2)16-11-5-3-4-6-12(11)17-13/h3-7H,8H2,1-2H3. The van der Waals surface area contributed by atoms with Gasteiger partial charge in [-0.25, -0.2) is 15.0 Å². The Balaban J connectivity index is 1.86. The lowest BCUT2D eigenvalue weighted by atomic mass is 10.2. The van der Waals surface area contributed by atoms with E-state index in [4.69, 9.17) is 4.98 Å².